The molecule has 0 saturated heterocycles. The number of nitrogens with zero attached hydrogens (tertiary/aromatic N) is 3. The van der Waals surface area contributed by atoms with E-state index in [1.807, 2.05) is 42.5 Å². The number of fused-ring (bicyclic) bond motifs is 3. The van der Waals surface area contributed by atoms with Gasteiger partial charge in [-0.15, -0.1) is 19.0 Å². The van der Waals surface area contributed by atoms with Crippen LogP contribution in [-0.2, 0) is 6.54 Å². The number of aromatic nitrogens is 3. The molecule has 0 saturated carbocycles. The fourth-order valence-corrected chi connectivity index (χ4v) is 2.94. The Morgan fingerprint density at radius 2 is 1.74 bits per heavy atom. The van der Waals surface area contributed by atoms with Gasteiger partial charge >= 0.3 is 0 Å². The van der Waals surface area contributed by atoms with E-state index in [0.29, 0.717) is 0 Å². The summed E-state index contributed by atoms with van der Waals surface area (Å²) in [7, 11) is 0. The number of rotatable bonds is 3. The molecule has 2 aromatic heterocycles. The maximum atomic E-state index is 5.96. The number of imidazole rings is 2. The minimum Gasteiger partial charge on any atom is -0.306 e. The lowest BCUT2D eigenvalue weighted by molar-refractivity contribution is 0.874. The van der Waals surface area contributed by atoms with Gasteiger partial charge in [-0.1, -0.05) is 41.9 Å². The Kier molecular flexibility index (Phi) is 4.16. The molecule has 0 unspecified atom stereocenters. The summed E-state index contributed by atoms with van der Waals surface area (Å²) >= 11 is 5.96. The fraction of sp³-hybridized carbons (Fsp3) is 0.0556. The van der Waals surface area contributed by atoms with Crippen molar-refractivity contribution in [2.45, 2.75) is 6.54 Å². The van der Waals surface area contributed by atoms with Gasteiger partial charge in [-0.25, -0.2) is 4.98 Å². The van der Waals surface area contributed by atoms with Gasteiger partial charge in [-0.2, -0.15) is 0 Å². The topological polar surface area (TPSA) is 22.2 Å². The molecule has 0 aliphatic heterocycles. The standard InChI is InChI=1S/C18H14ClN3.ClH/c1-2-11-21-16-5-3-4-6-17(16)22-12-15(20-18(21)22)13-7-9-14(19)10-8-13;/h2-10,12H,1,11H2;1H. The zero-order chi connectivity index (χ0) is 15.1. The molecule has 5 heteroatoms. The Bertz CT molecular complexity index is 981. The first-order chi connectivity index (χ1) is 10.8. The lowest BCUT2D eigenvalue weighted by Gasteiger charge is -2.00. The number of allylic oxidation sites excluding steroid dienone is 1. The summed E-state index contributed by atoms with van der Waals surface area (Å²) in [5.74, 6) is 0.922. The summed E-state index contributed by atoms with van der Waals surface area (Å²) < 4.78 is 4.30. The normalized spacial score (nSPS) is 10.8. The molecular formula is C18H15Cl2N3. The molecular weight excluding hydrogens is 329 g/mol. The summed E-state index contributed by atoms with van der Waals surface area (Å²) in [5.41, 5.74) is 4.30. The summed E-state index contributed by atoms with van der Waals surface area (Å²) in [6.07, 6.45) is 3.96. The predicted molar refractivity (Wildman–Crippen MR) is 98.6 cm³/mol. The van der Waals surface area contributed by atoms with Crippen LogP contribution >= 0.6 is 24.0 Å². The van der Waals surface area contributed by atoms with Crippen LogP contribution in [-0.4, -0.2) is 14.0 Å². The molecule has 0 N–H and O–H groups in total. The minimum absolute atomic E-state index is 0. The molecule has 0 aliphatic rings. The van der Waals surface area contributed by atoms with Crippen LogP contribution in [0.4, 0.5) is 0 Å². The second kappa shape index (κ2) is 6.11. The lowest BCUT2D eigenvalue weighted by Crippen LogP contribution is -1.95. The van der Waals surface area contributed by atoms with Gasteiger partial charge in [0.1, 0.15) is 0 Å². The van der Waals surface area contributed by atoms with Crippen LogP contribution in [0.15, 0.2) is 67.4 Å². The van der Waals surface area contributed by atoms with Crippen LogP contribution in [0, 0.1) is 0 Å². The quantitative estimate of drug-likeness (QED) is 0.467. The van der Waals surface area contributed by atoms with E-state index in [9.17, 15) is 0 Å². The van der Waals surface area contributed by atoms with Gasteiger partial charge in [-0.3, -0.25) is 4.40 Å². The van der Waals surface area contributed by atoms with Crippen molar-refractivity contribution in [2.75, 3.05) is 0 Å². The van der Waals surface area contributed by atoms with Crippen molar-refractivity contribution >= 4 is 40.8 Å². The molecule has 23 heavy (non-hydrogen) atoms. The molecule has 4 aromatic rings. The van der Waals surface area contributed by atoms with Gasteiger partial charge in [0.2, 0.25) is 5.78 Å². The fourth-order valence-electron chi connectivity index (χ4n) is 2.81. The molecule has 0 amide bonds. The van der Waals surface area contributed by atoms with Crippen molar-refractivity contribution in [3.63, 3.8) is 0 Å². The van der Waals surface area contributed by atoms with Gasteiger partial charge in [0.15, 0.2) is 0 Å². The molecule has 3 nitrogen and oxygen atoms in total. The van der Waals surface area contributed by atoms with E-state index in [0.717, 1.165) is 39.6 Å². The molecule has 2 aromatic carbocycles. The van der Waals surface area contributed by atoms with E-state index in [-0.39, 0.29) is 12.4 Å². The molecule has 0 bridgehead atoms. The zero-order valence-corrected chi connectivity index (χ0v) is 13.9. The Morgan fingerprint density at radius 1 is 1.04 bits per heavy atom. The Hall–Kier alpha value is -2.23. The van der Waals surface area contributed by atoms with Crippen molar-refractivity contribution < 1.29 is 0 Å². The first kappa shape index (κ1) is 15.7. The Balaban J connectivity index is 0.00000156. The SMILES string of the molecule is C=CCn1c2ccccc2n2cc(-c3ccc(Cl)cc3)nc12.Cl. The van der Waals surface area contributed by atoms with Gasteiger partial charge in [-0.05, 0) is 24.3 Å². The van der Waals surface area contributed by atoms with Crippen LogP contribution in [0.25, 0.3) is 28.1 Å². The van der Waals surface area contributed by atoms with Gasteiger partial charge in [0.05, 0.1) is 16.7 Å². The van der Waals surface area contributed by atoms with E-state index < -0.39 is 0 Å². The average Bonchev–Trinajstić information content (AvgIpc) is 3.08. The maximum Gasteiger partial charge on any atom is 0.215 e. The van der Waals surface area contributed by atoms with E-state index in [1.165, 1.54) is 0 Å². The number of para-hydroxylation sites is 2. The van der Waals surface area contributed by atoms with Crippen molar-refractivity contribution in [3.8, 4) is 11.3 Å². The largest absolute Gasteiger partial charge is 0.306 e. The highest BCUT2D eigenvalue weighted by molar-refractivity contribution is 6.30. The maximum absolute atomic E-state index is 5.96. The third-order valence-electron chi connectivity index (χ3n) is 3.81. The molecule has 0 radical (unpaired) electrons. The van der Waals surface area contributed by atoms with E-state index >= 15 is 0 Å². The summed E-state index contributed by atoms with van der Waals surface area (Å²) in [6.45, 7) is 4.58. The van der Waals surface area contributed by atoms with Crippen molar-refractivity contribution in [1.82, 2.24) is 14.0 Å². The molecule has 0 atom stereocenters. The molecule has 4 rings (SSSR count). The van der Waals surface area contributed by atoms with Crippen LogP contribution < -0.4 is 0 Å². The summed E-state index contributed by atoms with van der Waals surface area (Å²) in [4.78, 5) is 4.80. The smallest absolute Gasteiger partial charge is 0.215 e. The third-order valence-corrected chi connectivity index (χ3v) is 4.06. The summed E-state index contributed by atoms with van der Waals surface area (Å²) in [6, 6.07) is 16.1. The monoisotopic (exact) mass is 343 g/mol. The van der Waals surface area contributed by atoms with Crippen molar-refractivity contribution in [2.24, 2.45) is 0 Å². The highest BCUT2D eigenvalue weighted by atomic mass is 35.5. The second-order valence-electron chi connectivity index (χ2n) is 5.19. The highest BCUT2D eigenvalue weighted by Crippen LogP contribution is 2.26. The Labute approximate surface area is 145 Å². The molecule has 116 valence electrons. The number of benzene rings is 2. The average molecular weight is 344 g/mol. The molecule has 0 aliphatic carbocycles. The summed E-state index contributed by atoms with van der Waals surface area (Å²) in [5, 5.41) is 0.731. The van der Waals surface area contributed by atoms with Crippen LogP contribution in [0.5, 0.6) is 0 Å². The van der Waals surface area contributed by atoms with Crippen molar-refractivity contribution in [3.05, 3.63) is 72.4 Å². The van der Waals surface area contributed by atoms with Gasteiger partial charge in [0.25, 0.3) is 0 Å². The Morgan fingerprint density at radius 3 is 2.43 bits per heavy atom. The number of halogens is 2. The molecule has 0 fully saturated rings. The lowest BCUT2D eigenvalue weighted by atomic mass is 10.2. The first-order valence-corrected chi connectivity index (χ1v) is 7.49. The number of hydrogen-bond donors (Lipinski definition) is 0. The minimum atomic E-state index is 0. The van der Waals surface area contributed by atoms with E-state index in [1.54, 1.807) is 0 Å². The van der Waals surface area contributed by atoms with Gasteiger partial charge in [0, 0.05) is 23.3 Å². The van der Waals surface area contributed by atoms with Crippen LogP contribution in [0.2, 0.25) is 5.02 Å². The zero-order valence-electron chi connectivity index (χ0n) is 12.3. The van der Waals surface area contributed by atoms with E-state index in [4.69, 9.17) is 16.6 Å². The molecule has 2 heterocycles. The molecule has 0 spiro atoms. The van der Waals surface area contributed by atoms with Crippen molar-refractivity contribution in [1.29, 1.82) is 0 Å². The number of hydrogen-bond acceptors (Lipinski definition) is 1. The second-order valence-corrected chi connectivity index (χ2v) is 5.63. The third kappa shape index (κ3) is 2.52. The van der Waals surface area contributed by atoms with Gasteiger partial charge < -0.3 is 4.57 Å². The van der Waals surface area contributed by atoms with Crippen LogP contribution in [0.1, 0.15) is 0 Å². The van der Waals surface area contributed by atoms with Crippen LogP contribution in [0.3, 0.4) is 0 Å². The van der Waals surface area contributed by atoms with E-state index in [2.05, 4.69) is 33.9 Å². The predicted octanol–water partition coefficient (Wildman–Crippen LogP) is 5.22. The highest BCUT2D eigenvalue weighted by Gasteiger charge is 2.13. The first-order valence-electron chi connectivity index (χ1n) is 7.11.